The Kier molecular flexibility index (Phi) is 3.48. The van der Waals surface area contributed by atoms with Gasteiger partial charge in [-0.1, -0.05) is 0 Å². The van der Waals surface area contributed by atoms with Crippen LogP contribution < -0.4 is 5.32 Å². The fraction of sp³-hybridized carbons (Fsp3) is 0.526. The number of fused-ring (bicyclic) bond motifs is 7. The van der Waals surface area contributed by atoms with Crippen molar-refractivity contribution in [2.45, 2.75) is 24.4 Å². The predicted octanol–water partition coefficient (Wildman–Crippen LogP) is 0.699. The van der Waals surface area contributed by atoms with Crippen LogP contribution >= 0.6 is 0 Å². The third kappa shape index (κ3) is 1.89. The van der Waals surface area contributed by atoms with Crippen molar-refractivity contribution >= 4 is 23.4 Å². The van der Waals surface area contributed by atoms with E-state index in [0.29, 0.717) is 17.8 Å². The topological polar surface area (TPSA) is 79.0 Å². The largest absolute Gasteiger partial charge is 0.383 e. The van der Waals surface area contributed by atoms with Gasteiger partial charge in [-0.25, -0.2) is 4.39 Å². The number of amides is 3. The Bertz CT molecular complexity index is 875. The number of benzene rings is 1. The standard InChI is InChI=1S/C19H20FN3O4/c1-27-8-7-22-16(24)14-13-3-2-6-23(13)19(15(14)17(22)25)11-9-10(20)4-5-12(11)21-18(19)26/h4-5,9,13-15H,2-3,6-8H2,1H3,(H,21,26)/t13-,14+,15+,19+/m0/s1. The lowest BCUT2D eigenvalue weighted by Crippen LogP contribution is -2.54. The van der Waals surface area contributed by atoms with Gasteiger partial charge in [0.25, 0.3) is 0 Å². The molecule has 0 saturated carbocycles. The number of methoxy groups -OCH3 is 1. The molecule has 142 valence electrons. The van der Waals surface area contributed by atoms with E-state index >= 15 is 0 Å². The molecule has 1 aromatic rings. The molecule has 0 bridgehead atoms. The summed E-state index contributed by atoms with van der Waals surface area (Å²) >= 11 is 0. The lowest BCUT2D eigenvalue weighted by molar-refractivity contribution is -0.146. The summed E-state index contributed by atoms with van der Waals surface area (Å²) in [6.45, 7) is 1.02. The van der Waals surface area contributed by atoms with E-state index in [1.807, 2.05) is 4.90 Å². The molecular weight excluding hydrogens is 353 g/mol. The number of imide groups is 1. The molecule has 1 aromatic carbocycles. The molecule has 0 aliphatic carbocycles. The van der Waals surface area contributed by atoms with Crippen LogP contribution in [-0.2, 0) is 24.7 Å². The first kappa shape index (κ1) is 16.8. The number of hydrogen-bond donors (Lipinski definition) is 1. The zero-order valence-corrected chi connectivity index (χ0v) is 14.9. The highest BCUT2D eigenvalue weighted by Gasteiger charge is 2.74. The minimum Gasteiger partial charge on any atom is -0.383 e. The number of likely N-dealkylation sites (tertiary alicyclic amines) is 1. The van der Waals surface area contributed by atoms with E-state index in [1.54, 1.807) is 0 Å². The van der Waals surface area contributed by atoms with Crippen molar-refractivity contribution in [3.63, 3.8) is 0 Å². The molecule has 4 aliphatic rings. The molecule has 0 unspecified atom stereocenters. The quantitative estimate of drug-likeness (QED) is 0.789. The zero-order valence-electron chi connectivity index (χ0n) is 14.9. The van der Waals surface area contributed by atoms with Crippen molar-refractivity contribution in [1.29, 1.82) is 0 Å². The maximum absolute atomic E-state index is 14.1. The van der Waals surface area contributed by atoms with Gasteiger partial charge in [-0.3, -0.25) is 24.2 Å². The summed E-state index contributed by atoms with van der Waals surface area (Å²) in [6, 6.07) is 3.97. The molecule has 1 spiro atoms. The second-order valence-electron chi connectivity index (χ2n) is 7.64. The molecule has 7 nitrogen and oxygen atoms in total. The number of ether oxygens (including phenoxy) is 1. The van der Waals surface area contributed by atoms with E-state index < -0.39 is 23.2 Å². The van der Waals surface area contributed by atoms with Crippen LogP contribution in [0.4, 0.5) is 10.1 Å². The molecule has 0 aromatic heterocycles. The normalized spacial score (nSPS) is 34.4. The average molecular weight is 373 g/mol. The van der Waals surface area contributed by atoms with E-state index in [-0.39, 0.29) is 36.9 Å². The first-order chi connectivity index (χ1) is 13.0. The van der Waals surface area contributed by atoms with E-state index in [9.17, 15) is 18.8 Å². The molecule has 8 heteroatoms. The molecular formula is C19H20FN3O4. The summed E-state index contributed by atoms with van der Waals surface area (Å²) in [4.78, 5) is 42.8. The number of rotatable bonds is 3. The first-order valence-corrected chi connectivity index (χ1v) is 9.24. The summed E-state index contributed by atoms with van der Waals surface area (Å²) in [5, 5.41) is 2.82. The molecule has 1 N–H and O–H groups in total. The molecule has 0 radical (unpaired) electrons. The van der Waals surface area contributed by atoms with Gasteiger partial charge in [0.05, 0.1) is 25.0 Å². The number of carbonyl (C=O) groups is 3. The maximum Gasteiger partial charge on any atom is 0.250 e. The second-order valence-corrected chi connectivity index (χ2v) is 7.64. The van der Waals surface area contributed by atoms with E-state index in [2.05, 4.69) is 5.32 Å². The summed E-state index contributed by atoms with van der Waals surface area (Å²) < 4.78 is 19.1. The Morgan fingerprint density at radius 1 is 1.30 bits per heavy atom. The molecule has 3 fully saturated rings. The van der Waals surface area contributed by atoms with Gasteiger partial charge in [0.2, 0.25) is 17.7 Å². The van der Waals surface area contributed by atoms with Crippen LogP contribution in [0, 0.1) is 17.7 Å². The van der Waals surface area contributed by atoms with Gasteiger partial charge in [-0.2, -0.15) is 0 Å². The average Bonchev–Trinajstić information content (AvgIpc) is 3.33. The smallest absolute Gasteiger partial charge is 0.250 e. The van der Waals surface area contributed by atoms with Gasteiger partial charge in [0.1, 0.15) is 11.4 Å². The number of nitrogens with one attached hydrogen (secondary N) is 1. The van der Waals surface area contributed by atoms with Gasteiger partial charge < -0.3 is 10.1 Å². The third-order valence-electron chi connectivity index (χ3n) is 6.56. The van der Waals surface area contributed by atoms with Gasteiger partial charge in [0.15, 0.2) is 0 Å². The number of hydrogen-bond acceptors (Lipinski definition) is 5. The van der Waals surface area contributed by atoms with Crippen molar-refractivity contribution in [3.8, 4) is 0 Å². The van der Waals surface area contributed by atoms with Crippen LogP contribution in [0.2, 0.25) is 0 Å². The fourth-order valence-electron chi connectivity index (χ4n) is 5.64. The number of anilines is 1. The third-order valence-corrected chi connectivity index (χ3v) is 6.56. The number of carbonyl (C=O) groups excluding carboxylic acids is 3. The summed E-state index contributed by atoms with van der Waals surface area (Å²) in [7, 11) is 1.51. The number of halogens is 1. The lowest BCUT2D eigenvalue weighted by Gasteiger charge is -2.36. The Labute approximate surface area is 155 Å². The van der Waals surface area contributed by atoms with Crippen LogP contribution in [0.5, 0.6) is 0 Å². The van der Waals surface area contributed by atoms with E-state index in [1.165, 1.54) is 30.2 Å². The summed E-state index contributed by atoms with van der Waals surface area (Å²) in [5.74, 6) is -2.79. The Morgan fingerprint density at radius 2 is 2.11 bits per heavy atom. The van der Waals surface area contributed by atoms with E-state index in [4.69, 9.17) is 4.74 Å². The molecule has 3 saturated heterocycles. The molecule has 4 aliphatic heterocycles. The van der Waals surface area contributed by atoms with Crippen molar-refractivity contribution in [2.24, 2.45) is 11.8 Å². The Hall–Kier alpha value is -2.32. The second kappa shape index (κ2) is 5.59. The minimum atomic E-state index is -1.31. The fourth-order valence-corrected chi connectivity index (χ4v) is 5.64. The minimum absolute atomic E-state index is 0.168. The van der Waals surface area contributed by atoms with Crippen molar-refractivity contribution in [2.75, 3.05) is 32.1 Å². The van der Waals surface area contributed by atoms with Gasteiger partial charge in [-0.15, -0.1) is 0 Å². The molecule has 5 rings (SSSR count). The predicted molar refractivity (Wildman–Crippen MR) is 92.0 cm³/mol. The summed E-state index contributed by atoms with van der Waals surface area (Å²) in [5.41, 5.74) is -0.317. The SMILES string of the molecule is COCCN1C(=O)[C@@H]2[C@@H]3CCCN3[C@@]3(C(=O)Nc4ccc(F)cc43)[C@H]2C1=O. The van der Waals surface area contributed by atoms with Crippen molar-refractivity contribution < 1.29 is 23.5 Å². The van der Waals surface area contributed by atoms with Crippen LogP contribution in [-0.4, -0.2) is 60.4 Å². The van der Waals surface area contributed by atoms with Crippen LogP contribution in [0.25, 0.3) is 0 Å². The molecule has 4 atom stereocenters. The van der Waals surface area contributed by atoms with Gasteiger partial charge >= 0.3 is 0 Å². The zero-order chi connectivity index (χ0) is 18.9. The van der Waals surface area contributed by atoms with Crippen molar-refractivity contribution in [3.05, 3.63) is 29.6 Å². The first-order valence-electron chi connectivity index (χ1n) is 9.24. The van der Waals surface area contributed by atoms with Gasteiger partial charge in [0, 0.05) is 24.4 Å². The molecule has 3 amide bonds. The Morgan fingerprint density at radius 3 is 2.89 bits per heavy atom. The van der Waals surface area contributed by atoms with Crippen LogP contribution in [0.1, 0.15) is 18.4 Å². The summed E-state index contributed by atoms with van der Waals surface area (Å²) in [6.07, 6.45) is 1.59. The highest BCUT2D eigenvalue weighted by molar-refractivity contribution is 6.15. The van der Waals surface area contributed by atoms with Gasteiger partial charge in [-0.05, 0) is 37.6 Å². The van der Waals surface area contributed by atoms with Crippen molar-refractivity contribution in [1.82, 2.24) is 9.80 Å². The molecule has 4 heterocycles. The lowest BCUT2D eigenvalue weighted by atomic mass is 9.75. The van der Waals surface area contributed by atoms with Crippen LogP contribution in [0.3, 0.4) is 0 Å². The highest BCUT2D eigenvalue weighted by atomic mass is 19.1. The Balaban J connectivity index is 1.69. The molecule has 27 heavy (non-hydrogen) atoms. The monoisotopic (exact) mass is 373 g/mol. The van der Waals surface area contributed by atoms with E-state index in [0.717, 1.165) is 12.8 Å². The maximum atomic E-state index is 14.1. The number of nitrogens with zero attached hydrogens (tertiary/aromatic N) is 2. The highest BCUT2D eigenvalue weighted by Crippen LogP contribution is 2.60. The van der Waals surface area contributed by atoms with Crippen LogP contribution in [0.15, 0.2) is 18.2 Å².